The van der Waals surface area contributed by atoms with Gasteiger partial charge in [0.2, 0.25) is 17.7 Å². The number of amides is 3. The Bertz CT molecular complexity index is 630. The van der Waals surface area contributed by atoms with E-state index >= 15 is 0 Å². The third kappa shape index (κ3) is 13.4. The van der Waals surface area contributed by atoms with Crippen LogP contribution in [0.15, 0.2) is 4.99 Å². The first-order chi connectivity index (χ1) is 14.6. The first-order valence-electron chi connectivity index (χ1n) is 9.84. The van der Waals surface area contributed by atoms with Crippen LogP contribution in [0.3, 0.4) is 0 Å². The van der Waals surface area contributed by atoms with Crippen molar-refractivity contribution in [2.45, 2.75) is 50.2 Å². The Balaban J connectivity index is 4.72. The Kier molecular flexibility index (Phi) is 14.8. The summed E-state index contributed by atoms with van der Waals surface area (Å²) in [5.74, 6) is -3.06. The Labute approximate surface area is 186 Å². The molecule has 0 heterocycles. The molecular weight excluding hydrogens is 428 g/mol. The van der Waals surface area contributed by atoms with Crippen molar-refractivity contribution in [1.82, 2.24) is 16.0 Å². The number of carbonyl (C=O) groups is 4. The number of unbranched alkanes of at least 4 members (excludes halogenated alkanes) is 1. The number of carboxylic acids is 1. The van der Waals surface area contributed by atoms with Gasteiger partial charge in [-0.15, -0.1) is 0 Å². The summed E-state index contributed by atoms with van der Waals surface area (Å²) in [7, 11) is 0. The lowest BCUT2D eigenvalue weighted by Crippen LogP contribution is -2.53. The van der Waals surface area contributed by atoms with Gasteiger partial charge in [0.25, 0.3) is 0 Å². The molecule has 0 saturated carbocycles. The first-order valence-corrected chi connectivity index (χ1v) is 10.5. The van der Waals surface area contributed by atoms with Crippen LogP contribution in [-0.2, 0) is 19.2 Å². The number of guanidine groups is 1. The van der Waals surface area contributed by atoms with Crippen LogP contribution in [0.5, 0.6) is 0 Å². The maximum Gasteiger partial charge on any atom is 0.326 e. The van der Waals surface area contributed by atoms with Gasteiger partial charge in [0.1, 0.15) is 12.1 Å². The predicted molar refractivity (Wildman–Crippen MR) is 119 cm³/mol. The zero-order valence-corrected chi connectivity index (χ0v) is 18.3. The predicted octanol–water partition coefficient (Wildman–Crippen LogP) is -3.40. The molecule has 0 rings (SSSR count). The Morgan fingerprint density at radius 3 is 2.16 bits per heavy atom. The van der Waals surface area contributed by atoms with Gasteiger partial charge in [0.15, 0.2) is 5.96 Å². The highest BCUT2D eigenvalue weighted by molar-refractivity contribution is 7.80. The Morgan fingerprint density at radius 1 is 0.968 bits per heavy atom. The molecule has 13 nitrogen and oxygen atoms in total. The van der Waals surface area contributed by atoms with E-state index in [1.807, 2.05) is 0 Å². The molecule has 0 aliphatic carbocycles. The van der Waals surface area contributed by atoms with Crippen molar-refractivity contribution in [3.05, 3.63) is 0 Å². The zero-order valence-electron chi connectivity index (χ0n) is 17.4. The minimum Gasteiger partial charge on any atom is -0.480 e. The number of aliphatic imine (C=N–C) groups is 1. The van der Waals surface area contributed by atoms with Crippen LogP contribution >= 0.6 is 12.6 Å². The topological polar surface area (TPSA) is 241 Å². The number of nitrogens with zero attached hydrogens (tertiary/aromatic N) is 1. The molecule has 0 radical (unpaired) electrons. The fourth-order valence-corrected chi connectivity index (χ4v) is 2.59. The maximum absolute atomic E-state index is 12.4. The van der Waals surface area contributed by atoms with Gasteiger partial charge in [-0.05, 0) is 38.6 Å². The van der Waals surface area contributed by atoms with E-state index in [4.69, 9.17) is 22.9 Å². The smallest absolute Gasteiger partial charge is 0.326 e. The molecular formula is C17H34N8O5S. The molecule has 0 saturated heterocycles. The first kappa shape index (κ1) is 28.4. The molecule has 3 amide bonds. The average Bonchev–Trinajstić information content (AvgIpc) is 2.72. The van der Waals surface area contributed by atoms with Crippen LogP contribution in [0.2, 0.25) is 0 Å². The van der Waals surface area contributed by atoms with Crippen molar-refractivity contribution in [2.75, 3.05) is 25.4 Å². The van der Waals surface area contributed by atoms with E-state index in [9.17, 15) is 24.3 Å². The van der Waals surface area contributed by atoms with Crippen LogP contribution in [0, 0.1) is 0 Å². The fourth-order valence-electron chi connectivity index (χ4n) is 2.42. The minimum atomic E-state index is -1.22. The summed E-state index contributed by atoms with van der Waals surface area (Å²) < 4.78 is 0. The van der Waals surface area contributed by atoms with Gasteiger partial charge in [0, 0.05) is 12.3 Å². The van der Waals surface area contributed by atoms with E-state index in [2.05, 4.69) is 33.6 Å². The standard InChI is InChI=1S/C17H34N8O5S/c18-6-2-1-4-11(25-14(27)10(19)9-31)15(28)23-8-13(26)24-12(16(29)30)5-3-7-22-17(20)21/h10-12,31H,1-9,18-19H2,(H,23,28)(H,24,26)(H,25,27)(H,29,30)(H4,20,21,22). The number of hydrogen-bond donors (Lipinski definition) is 9. The van der Waals surface area contributed by atoms with Gasteiger partial charge in [0.05, 0.1) is 12.6 Å². The lowest BCUT2D eigenvalue weighted by molar-refractivity contribution is -0.142. The highest BCUT2D eigenvalue weighted by atomic mass is 32.1. The van der Waals surface area contributed by atoms with E-state index < -0.39 is 48.4 Å². The van der Waals surface area contributed by atoms with Crippen LogP contribution in [-0.4, -0.2) is 78.3 Å². The number of hydrogen-bond acceptors (Lipinski definition) is 8. The van der Waals surface area contributed by atoms with Gasteiger partial charge in [-0.3, -0.25) is 19.4 Å². The van der Waals surface area contributed by atoms with Crippen LogP contribution < -0.4 is 38.9 Å². The quantitative estimate of drug-likeness (QED) is 0.0479. The molecule has 31 heavy (non-hydrogen) atoms. The highest BCUT2D eigenvalue weighted by Gasteiger charge is 2.24. The van der Waals surface area contributed by atoms with E-state index in [-0.39, 0.29) is 24.7 Å². The summed E-state index contributed by atoms with van der Waals surface area (Å²) in [6.07, 6.45) is 1.97. The third-order valence-corrected chi connectivity index (χ3v) is 4.51. The second kappa shape index (κ2) is 16.2. The van der Waals surface area contributed by atoms with Crippen LogP contribution in [0.4, 0.5) is 0 Å². The highest BCUT2D eigenvalue weighted by Crippen LogP contribution is 2.02. The molecule has 0 aliphatic rings. The molecule has 0 bridgehead atoms. The largest absolute Gasteiger partial charge is 0.480 e. The van der Waals surface area contributed by atoms with E-state index in [0.29, 0.717) is 32.2 Å². The normalized spacial score (nSPS) is 13.4. The van der Waals surface area contributed by atoms with Gasteiger partial charge in [-0.25, -0.2) is 4.79 Å². The van der Waals surface area contributed by atoms with Gasteiger partial charge >= 0.3 is 5.97 Å². The lowest BCUT2D eigenvalue weighted by atomic mass is 10.1. The number of rotatable bonds is 16. The second-order valence-corrected chi connectivity index (χ2v) is 7.12. The Morgan fingerprint density at radius 2 is 1.61 bits per heavy atom. The molecule has 0 aromatic heterocycles. The number of nitrogens with two attached hydrogens (primary N) is 4. The van der Waals surface area contributed by atoms with E-state index in [1.54, 1.807) is 0 Å². The van der Waals surface area contributed by atoms with Crippen molar-refractivity contribution < 1.29 is 24.3 Å². The monoisotopic (exact) mass is 462 g/mol. The average molecular weight is 463 g/mol. The van der Waals surface area contributed by atoms with Crippen molar-refractivity contribution in [3.8, 4) is 0 Å². The second-order valence-electron chi connectivity index (χ2n) is 6.76. The van der Waals surface area contributed by atoms with E-state index in [1.165, 1.54) is 0 Å². The molecule has 0 fully saturated rings. The molecule has 178 valence electrons. The van der Waals surface area contributed by atoms with Crippen molar-refractivity contribution in [2.24, 2.45) is 27.9 Å². The molecule has 0 aromatic rings. The molecule has 0 aromatic carbocycles. The van der Waals surface area contributed by atoms with Crippen molar-refractivity contribution in [1.29, 1.82) is 0 Å². The molecule has 14 heteroatoms. The van der Waals surface area contributed by atoms with Gasteiger partial charge < -0.3 is 44.0 Å². The van der Waals surface area contributed by atoms with Crippen molar-refractivity contribution >= 4 is 42.3 Å². The van der Waals surface area contributed by atoms with E-state index in [0.717, 1.165) is 0 Å². The molecule has 3 unspecified atom stereocenters. The zero-order chi connectivity index (χ0) is 23.8. The maximum atomic E-state index is 12.4. The van der Waals surface area contributed by atoms with Crippen LogP contribution in [0.25, 0.3) is 0 Å². The molecule has 12 N–H and O–H groups in total. The molecule has 3 atom stereocenters. The summed E-state index contributed by atoms with van der Waals surface area (Å²) >= 11 is 3.95. The summed E-state index contributed by atoms with van der Waals surface area (Å²) in [5, 5.41) is 16.5. The number of carboxylic acid groups (broad SMARTS) is 1. The summed E-state index contributed by atoms with van der Waals surface area (Å²) in [5.41, 5.74) is 21.4. The molecule has 0 aliphatic heterocycles. The third-order valence-electron chi connectivity index (χ3n) is 4.12. The Hall–Kier alpha value is -2.58. The number of nitrogens with one attached hydrogen (secondary N) is 3. The number of thiol groups is 1. The molecule has 0 spiro atoms. The van der Waals surface area contributed by atoms with Gasteiger partial charge in [-0.2, -0.15) is 12.6 Å². The minimum absolute atomic E-state index is 0.102. The lowest BCUT2D eigenvalue weighted by Gasteiger charge is -2.20. The SMILES string of the molecule is NCCCCC(NC(=O)C(N)CS)C(=O)NCC(=O)NC(CCCN=C(N)N)C(=O)O. The van der Waals surface area contributed by atoms with Crippen LogP contribution in [0.1, 0.15) is 32.1 Å². The summed E-state index contributed by atoms with van der Waals surface area (Å²) in [4.78, 5) is 51.5. The summed E-state index contributed by atoms with van der Waals surface area (Å²) in [6.45, 7) is 0.191. The fraction of sp³-hybridized carbons (Fsp3) is 0.706. The number of aliphatic carboxylic acids is 1. The van der Waals surface area contributed by atoms with Gasteiger partial charge in [-0.1, -0.05) is 0 Å². The van der Waals surface area contributed by atoms with Crippen molar-refractivity contribution in [3.63, 3.8) is 0 Å². The summed E-state index contributed by atoms with van der Waals surface area (Å²) in [6, 6.07) is -2.95. The number of carbonyl (C=O) groups excluding carboxylic acids is 3.